The lowest BCUT2D eigenvalue weighted by Crippen LogP contribution is -2.37. The molecule has 0 unspecified atom stereocenters. The van der Waals surface area contributed by atoms with E-state index in [0.717, 1.165) is 12.8 Å². The molecular weight excluding hydrogens is 116 g/mol. The summed E-state index contributed by atoms with van der Waals surface area (Å²) in [6.45, 7) is 0. The van der Waals surface area contributed by atoms with Crippen molar-refractivity contribution >= 4 is 5.91 Å². The lowest BCUT2D eigenvalue weighted by atomic mass is 10.4. The van der Waals surface area contributed by atoms with Crippen LogP contribution in [0.15, 0.2) is 0 Å². The van der Waals surface area contributed by atoms with Gasteiger partial charge in [-0.25, -0.2) is 5.01 Å². The Kier molecular flexibility index (Phi) is 1.71. The molecule has 1 aliphatic rings. The molecule has 0 heterocycles. The summed E-state index contributed by atoms with van der Waals surface area (Å²) >= 11 is 0. The molecule has 1 amide bonds. The molecule has 3 heteroatoms. The minimum atomic E-state index is 0.167. The Bertz CT molecular complexity index is 118. The van der Waals surface area contributed by atoms with Crippen molar-refractivity contribution in [3.63, 3.8) is 0 Å². The molecule has 9 heavy (non-hydrogen) atoms. The summed E-state index contributed by atoms with van der Waals surface area (Å²) in [5.74, 6) is 0.479. The van der Waals surface area contributed by atoms with E-state index >= 15 is 0 Å². The standard InChI is InChI=1S/C6H12N2O/c1-8(2)7-6(9)5-3-4-5/h5H,3-4H2,1-2H3,(H,7,9). The minimum absolute atomic E-state index is 0.167. The summed E-state index contributed by atoms with van der Waals surface area (Å²) in [6, 6.07) is 0. The monoisotopic (exact) mass is 128 g/mol. The molecule has 0 atom stereocenters. The number of amides is 1. The van der Waals surface area contributed by atoms with Gasteiger partial charge in [0.05, 0.1) is 0 Å². The molecule has 0 aromatic rings. The van der Waals surface area contributed by atoms with Crippen LogP contribution in [0.3, 0.4) is 0 Å². The van der Waals surface area contributed by atoms with Crippen LogP contribution in [-0.2, 0) is 4.79 Å². The molecule has 1 rings (SSSR count). The predicted octanol–water partition coefficient (Wildman–Crippen LogP) is -0.0108. The molecule has 1 saturated carbocycles. The van der Waals surface area contributed by atoms with Gasteiger partial charge in [0.1, 0.15) is 0 Å². The molecule has 0 aromatic carbocycles. The summed E-state index contributed by atoms with van der Waals surface area (Å²) in [5, 5.41) is 1.68. The molecule has 0 aliphatic heterocycles. The van der Waals surface area contributed by atoms with Crippen molar-refractivity contribution in [1.29, 1.82) is 0 Å². The molecule has 3 nitrogen and oxygen atoms in total. The summed E-state index contributed by atoms with van der Waals surface area (Å²) in [6.07, 6.45) is 2.14. The topological polar surface area (TPSA) is 32.3 Å². The first-order chi connectivity index (χ1) is 4.20. The van der Waals surface area contributed by atoms with Crippen LogP contribution in [-0.4, -0.2) is 25.0 Å². The van der Waals surface area contributed by atoms with Gasteiger partial charge in [-0.3, -0.25) is 10.2 Å². The Morgan fingerprint density at radius 3 is 2.44 bits per heavy atom. The van der Waals surface area contributed by atoms with Crippen LogP contribution in [0.1, 0.15) is 12.8 Å². The van der Waals surface area contributed by atoms with Crippen LogP contribution in [0.2, 0.25) is 0 Å². The number of nitrogens with one attached hydrogen (secondary N) is 1. The van der Waals surface area contributed by atoms with E-state index in [1.165, 1.54) is 0 Å². The number of hydrogen-bond donors (Lipinski definition) is 1. The number of carbonyl (C=O) groups excluding carboxylic acids is 1. The Morgan fingerprint density at radius 1 is 1.56 bits per heavy atom. The normalized spacial score (nSPS) is 18.1. The second-order valence-electron chi connectivity index (χ2n) is 2.64. The van der Waals surface area contributed by atoms with E-state index in [9.17, 15) is 4.79 Å². The summed E-state index contributed by atoms with van der Waals surface area (Å²) < 4.78 is 0. The van der Waals surface area contributed by atoms with Gasteiger partial charge in [-0.05, 0) is 12.8 Å². The van der Waals surface area contributed by atoms with Crippen LogP contribution >= 0.6 is 0 Å². The lowest BCUT2D eigenvalue weighted by molar-refractivity contribution is -0.126. The van der Waals surface area contributed by atoms with Crippen LogP contribution in [0, 0.1) is 5.92 Å². The molecular formula is C6H12N2O. The largest absolute Gasteiger partial charge is 0.289 e. The van der Waals surface area contributed by atoms with Crippen molar-refractivity contribution in [2.24, 2.45) is 5.92 Å². The van der Waals surface area contributed by atoms with Crippen molar-refractivity contribution in [3.8, 4) is 0 Å². The molecule has 0 aromatic heterocycles. The minimum Gasteiger partial charge on any atom is -0.289 e. The highest BCUT2D eigenvalue weighted by Crippen LogP contribution is 2.28. The van der Waals surface area contributed by atoms with Crippen molar-refractivity contribution < 1.29 is 4.79 Å². The van der Waals surface area contributed by atoms with E-state index in [1.54, 1.807) is 5.01 Å². The van der Waals surface area contributed by atoms with Crippen molar-refractivity contribution in [1.82, 2.24) is 10.4 Å². The second-order valence-corrected chi connectivity index (χ2v) is 2.64. The first-order valence-corrected chi connectivity index (χ1v) is 3.18. The van der Waals surface area contributed by atoms with E-state index in [0.29, 0.717) is 5.92 Å². The van der Waals surface area contributed by atoms with Gasteiger partial charge in [-0.1, -0.05) is 0 Å². The first kappa shape index (κ1) is 6.55. The SMILES string of the molecule is CN(C)NC(=O)C1CC1. The number of nitrogens with zero attached hydrogens (tertiary/aromatic N) is 1. The Labute approximate surface area is 55.0 Å². The third-order valence-corrected chi connectivity index (χ3v) is 1.28. The highest BCUT2D eigenvalue weighted by molar-refractivity contribution is 5.80. The third-order valence-electron chi connectivity index (χ3n) is 1.28. The van der Waals surface area contributed by atoms with E-state index in [4.69, 9.17) is 0 Å². The summed E-state index contributed by atoms with van der Waals surface area (Å²) in [4.78, 5) is 10.9. The van der Waals surface area contributed by atoms with Crippen LogP contribution in [0.4, 0.5) is 0 Å². The smallest absolute Gasteiger partial charge is 0.237 e. The second kappa shape index (κ2) is 2.35. The fraction of sp³-hybridized carbons (Fsp3) is 0.833. The molecule has 0 radical (unpaired) electrons. The molecule has 1 N–H and O–H groups in total. The molecule has 0 bridgehead atoms. The number of hydrazine groups is 1. The van der Waals surface area contributed by atoms with Crippen LogP contribution < -0.4 is 5.43 Å². The first-order valence-electron chi connectivity index (χ1n) is 3.18. The fourth-order valence-corrected chi connectivity index (χ4v) is 0.657. The summed E-state index contributed by atoms with van der Waals surface area (Å²) in [7, 11) is 3.64. The average Bonchev–Trinajstić information content (AvgIpc) is 2.40. The molecule has 52 valence electrons. The molecule has 1 aliphatic carbocycles. The maximum absolute atomic E-state index is 10.9. The predicted molar refractivity (Wildman–Crippen MR) is 34.6 cm³/mol. The average molecular weight is 128 g/mol. The number of carbonyl (C=O) groups is 1. The highest BCUT2D eigenvalue weighted by Gasteiger charge is 2.29. The maximum Gasteiger partial charge on any atom is 0.237 e. The van der Waals surface area contributed by atoms with E-state index in [1.807, 2.05) is 14.1 Å². The van der Waals surface area contributed by atoms with Gasteiger partial charge in [0.2, 0.25) is 5.91 Å². The molecule has 0 spiro atoms. The van der Waals surface area contributed by atoms with Gasteiger partial charge in [0.15, 0.2) is 0 Å². The van der Waals surface area contributed by atoms with Crippen molar-refractivity contribution in [3.05, 3.63) is 0 Å². The zero-order chi connectivity index (χ0) is 6.85. The number of rotatable bonds is 2. The quantitative estimate of drug-likeness (QED) is 0.530. The van der Waals surface area contributed by atoms with Crippen LogP contribution in [0.25, 0.3) is 0 Å². The molecule has 1 fully saturated rings. The maximum atomic E-state index is 10.9. The van der Waals surface area contributed by atoms with Gasteiger partial charge in [0.25, 0.3) is 0 Å². The zero-order valence-electron chi connectivity index (χ0n) is 5.85. The zero-order valence-corrected chi connectivity index (χ0v) is 5.85. The molecule has 0 saturated heterocycles. The Hall–Kier alpha value is -0.570. The van der Waals surface area contributed by atoms with E-state index in [2.05, 4.69) is 5.43 Å². The Morgan fingerprint density at radius 2 is 2.11 bits per heavy atom. The third kappa shape index (κ3) is 2.01. The van der Waals surface area contributed by atoms with Crippen molar-refractivity contribution in [2.75, 3.05) is 14.1 Å². The fourth-order valence-electron chi connectivity index (χ4n) is 0.657. The van der Waals surface area contributed by atoms with Gasteiger partial charge < -0.3 is 0 Å². The summed E-state index contributed by atoms with van der Waals surface area (Å²) in [5.41, 5.74) is 2.70. The van der Waals surface area contributed by atoms with Crippen molar-refractivity contribution in [2.45, 2.75) is 12.8 Å². The van der Waals surface area contributed by atoms with Gasteiger partial charge in [-0.15, -0.1) is 0 Å². The van der Waals surface area contributed by atoms with Gasteiger partial charge in [0, 0.05) is 20.0 Å². The van der Waals surface area contributed by atoms with Gasteiger partial charge >= 0.3 is 0 Å². The number of hydrogen-bond acceptors (Lipinski definition) is 2. The van der Waals surface area contributed by atoms with Gasteiger partial charge in [-0.2, -0.15) is 0 Å². The van der Waals surface area contributed by atoms with E-state index in [-0.39, 0.29) is 5.91 Å². The lowest BCUT2D eigenvalue weighted by Gasteiger charge is -2.10. The highest BCUT2D eigenvalue weighted by atomic mass is 16.2. The van der Waals surface area contributed by atoms with E-state index < -0.39 is 0 Å². The van der Waals surface area contributed by atoms with Crippen LogP contribution in [0.5, 0.6) is 0 Å². The Balaban J connectivity index is 2.18.